The topological polar surface area (TPSA) is 33.3 Å². The summed E-state index contributed by atoms with van der Waals surface area (Å²) in [5.41, 5.74) is 2.93. The van der Waals surface area contributed by atoms with Gasteiger partial charge >= 0.3 is 0 Å². The van der Waals surface area contributed by atoms with Crippen LogP contribution in [0, 0.1) is 0 Å². The Kier molecular flexibility index (Phi) is 1.89. The van der Waals surface area contributed by atoms with Crippen molar-refractivity contribution in [1.82, 2.24) is 5.32 Å². The Hall–Kier alpha value is -1.22. The molecule has 2 N–H and O–H groups in total. The van der Waals surface area contributed by atoms with E-state index in [2.05, 4.69) is 22.8 Å². The molecule has 0 saturated carbocycles. The van der Waals surface area contributed by atoms with E-state index in [-0.39, 0.29) is 0 Å². The van der Waals surface area contributed by atoms with Crippen molar-refractivity contribution in [2.45, 2.75) is 11.8 Å². The highest BCUT2D eigenvalue weighted by Gasteiger charge is 2.42. The number of anilines is 1. The number of hydrogen-bond acceptors (Lipinski definition) is 3. The highest BCUT2D eigenvalue weighted by molar-refractivity contribution is 5.69. The van der Waals surface area contributed by atoms with Gasteiger partial charge < -0.3 is 15.4 Å². The van der Waals surface area contributed by atoms with E-state index < -0.39 is 0 Å². The molecule has 2 aliphatic rings. The fourth-order valence-corrected chi connectivity index (χ4v) is 2.80. The molecule has 0 amide bonds. The third-order valence-electron chi connectivity index (χ3n) is 3.66. The quantitative estimate of drug-likeness (QED) is 0.724. The summed E-state index contributed by atoms with van der Waals surface area (Å²) in [6.07, 6.45) is 1.22. The highest BCUT2D eigenvalue weighted by atomic mass is 16.5. The van der Waals surface area contributed by atoms with Crippen LogP contribution in [0.25, 0.3) is 0 Å². The Morgan fingerprint density at radius 3 is 3.00 bits per heavy atom. The molecular formula is C12H16N2O. The fourth-order valence-electron chi connectivity index (χ4n) is 2.80. The standard InChI is InChI=1S/C12H16N2O/c1-15-10-4-2-3-9-11(10)14-8-12(9)5-6-13-7-12/h2-4,13-14H,5-8H2,1H3. The number of ether oxygens (including phenoxy) is 1. The number of para-hydroxylation sites is 1. The van der Waals surface area contributed by atoms with Gasteiger partial charge in [0.05, 0.1) is 12.8 Å². The second-order valence-corrected chi connectivity index (χ2v) is 4.44. The largest absolute Gasteiger partial charge is 0.495 e. The second-order valence-electron chi connectivity index (χ2n) is 4.44. The molecule has 1 aromatic rings. The predicted molar refractivity (Wildman–Crippen MR) is 60.6 cm³/mol. The van der Waals surface area contributed by atoms with Crippen LogP contribution in [0.2, 0.25) is 0 Å². The summed E-state index contributed by atoms with van der Waals surface area (Å²) in [5, 5.41) is 6.94. The van der Waals surface area contributed by atoms with Gasteiger partial charge in [-0.25, -0.2) is 0 Å². The van der Waals surface area contributed by atoms with E-state index in [1.807, 2.05) is 6.07 Å². The highest BCUT2D eigenvalue weighted by Crippen LogP contribution is 2.44. The molecule has 0 aromatic heterocycles. The molecule has 2 aliphatic heterocycles. The first-order valence-corrected chi connectivity index (χ1v) is 5.48. The first kappa shape index (κ1) is 9.04. The minimum atomic E-state index is 0.309. The lowest BCUT2D eigenvalue weighted by molar-refractivity contribution is 0.416. The van der Waals surface area contributed by atoms with Crippen molar-refractivity contribution in [1.29, 1.82) is 0 Å². The monoisotopic (exact) mass is 204 g/mol. The van der Waals surface area contributed by atoms with Gasteiger partial charge in [-0.3, -0.25) is 0 Å². The Morgan fingerprint density at radius 1 is 1.33 bits per heavy atom. The molecule has 1 unspecified atom stereocenters. The molecule has 3 nitrogen and oxygen atoms in total. The number of nitrogens with one attached hydrogen (secondary N) is 2. The minimum Gasteiger partial charge on any atom is -0.495 e. The van der Waals surface area contributed by atoms with Crippen LogP contribution in [0.1, 0.15) is 12.0 Å². The van der Waals surface area contributed by atoms with Crippen molar-refractivity contribution in [2.75, 3.05) is 32.1 Å². The van der Waals surface area contributed by atoms with E-state index >= 15 is 0 Å². The Balaban J connectivity index is 2.10. The molecule has 1 atom stereocenters. The lowest BCUT2D eigenvalue weighted by Crippen LogP contribution is -2.30. The van der Waals surface area contributed by atoms with Crippen LogP contribution in [-0.4, -0.2) is 26.7 Å². The molecule has 1 aromatic carbocycles. The van der Waals surface area contributed by atoms with Crippen molar-refractivity contribution in [3.8, 4) is 5.75 Å². The van der Waals surface area contributed by atoms with Gasteiger partial charge in [-0.2, -0.15) is 0 Å². The van der Waals surface area contributed by atoms with Gasteiger partial charge in [-0.1, -0.05) is 12.1 Å². The molecule has 2 heterocycles. The van der Waals surface area contributed by atoms with Crippen LogP contribution < -0.4 is 15.4 Å². The number of methoxy groups -OCH3 is 1. The number of hydrogen-bond donors (Lipinski definition) is 2. The van der Waals surface area contributed by atoms with Crippen molar-refractivity contribution in [3.63, 3.8) is 0 Å². The third kappa shape index (κ3) is 1.16. The van der Waals surface area contributed by atoms with Crippen LogP contribution in [-0.2, 0) is 5.41 Å². The smallest absolute Gasteiger partial charge is 0.142 e. The molecule has 3 heteroatoms. The van der Waals surface area contributed by atoms with Crippen molar-refractivity contribution in [3.05, 3.63) is 23.8 Å². The maximum Gasteiger partial charge on any atom is 0.142 e. The van der Waals surface area contributed by atoms with Crippen molar-refractivity contribution in [2.24, 2.45) is 0 Å². The summed E-state index contributed by atoms with van der Waals surface area (Å²) < 4.78 is 5.38. The maximum atomic E-state index is 5.38. The van der Waals surface area contributed by atoms with Crippen LogP contribution in [0.5, 0.6) is 5.75 Å². The van der Waals surface area contributed by atoms with Crippen molar-refractivity contribution >= 4 is 5.69 Å². The summed E-state index contributed by atoms with van der Waals surface area (Å²) in [6.45, 7) is 3.24. The first-order valence-electron chi connectivity index (χ1n) is 5.48. The van der Waals surface area contributed by atoms with E-state index in [0.29, 0.717) is 5.41 Å². The SMILES string of the molecule is COc1cccc2c1NCC21CCNC1. The van der Waals surface area contributed by atoms with E-state index in [1.54, 1.807) is 7.11 Å². The second kappa shape index (κ2) is 3.14. The molecular weight excluding hydrogens is 188 g/mol. The van der Waals surface area contributed by atoms with Gasteiger partial charge in [0.2, 0.25) is 0 Å². The van der Waals surface area contributed by atoms with Crippen LogP contribution in [0.3, 0.4) is 0 Å². The third-order valence-corrected chi connectivity index (χ3v) is 3.66. The minimum absolute atomic E-state index is 0.309. The lowest BCUT2D eigenvalue weighted by Gasteiger charge is -2.21. The van der Waals surface area contributed by atoms with Gasteiger partial charge in [0, 0.05) is 18.5 Å². The average molecular weight is 204 g/mol. The summed E-state index contributed by atoms with van der Waals surface area (Å²) in [5.74, 6) is 0.969. The van der Waals surface area contributed by atoms with E-state index in [0.717, 1.165) is 25.4 Å². The molecule has 1 spiro atoms. The molecule has 0 bridgehead atoms. The zero-order valence-corrected chi connectivity index (χ0v) is 8.97. The predicted octanol–water partition coefficient (Wildman–Crippen LogP) is 1.35. The van der Waals surface area contributed by atoms with E-state index in [9.17, 15) is 0 Å². The molecule has 1 saturated heterocycles. The summed E-state index contributed by atoms with van der Waals surface area (Å²) in [4.78, 5) is 0. The molecule has 3 rings (SSSR count). The van der Waals surface area contributed by atoms with E-state index in [4.69, 9.17) is 4.74 Å². The van der Waals surface area contributed by atoms with Crippen molar-refractivity contribution < 1.29 is 4.74 Å². The zero-order valence-electron chi connectivity index (χ0n) is 8.97. The number of fused-ring (bicyclic) bond motifs is 2. The van der Waals surface area contributed by atoms with Gasteiger partial charge in [-0.05, 0) is 24.6 Å². The average Bonchev–Trinajstić information content (AvgIpc) is 2.89. The molecule has 0 radical (unpaired) electrons. The Bertz CT molecular complexity index is 383. The van der Waals surface area contributed by atoms with Crippen LogP contribution >= 0.6 is 0 Å². The summed E-state index contributed by atoms with van der Waals surface area (Å²) >= 11 is 0. The normalized spacial score (nSPS) is 27.8. The van der Waals surface area contributed by atoms with Gasteiger partial charge in [-0.15, -0.1) is 0 Å². The fraction of sp³-hybridized carbons (Fsp3) is 0.500. The zero-order chi connectivity index (χ0) is 10.3. The molecule has 1 fully saturated rings. The molecule has 0 aliphatic carbocycles. The van der Waals surface area contributed by atoms with Crippen LogP contribution in [0.4, 0.5) is 5.69 Å². The number of rotatable bonds is 1. The Morgan fingerprint density at radius 2 is 2.27 bits per heavy atom. The van der Waals surface area contributed by atoms with Crippen LogP contribution in [0.15, 0.2) is 18.2 Å². The summed E-state index contributed by atoms with van der Waals surface area (Å²) in [6, 6.07) is 6.34. The first-order chi connectivity index (χ1) is 7.36. The lowest BCUT2D eigenvalue weighted by atomic mass is 9.81. The molecule has 15 heavy (non-hydrogen) atoms. The maximum absolute atomic E-state index is 5.38. The Labute approximate surface area is 89.8 Å². The molecule has 80 valence electrons. The number of benzene rings is 1. The van der Waals surface area contributed by atoms with E-state index in [1.165, 1.54) is 17.7 Å². The van der Waals surface area contributed by atoms with Gasteiger partial charge in [0.15, 0.2) is 0 Å². The summed E-state index contributed by atoms with van der Waals surface area (Å²) in [7, 11) is 1.73. The van der Waals surface area contributed by atoms with Gasteiger partial charge in [0.25, 0.3) is 0 Å². The van der Waals surface area contributed by atoms with Gasteiger partial charge in [0.1, 0.15) is 5.75 Å².